The number of nitrogens with zero attached hydrogens (tertiary/aromatic N) is 1. The molecule has 128 valence electrons. The lowest BCUT2D eigenvalue weighted by Gasteiger charge is -2.41. The molecule has 1 saturated carbocycles. The average Bonchev–Trinajstić information content (AvgIpc) is 3.22. The predicted molar refractivity (Wildman–Crippen MR) is 90.6 cm³/mol. The van der Waals surface area contributed by atoms with E-state index in [1.165, 1.54) is 24.9 Å². The standard InChI is InChI=1S/C18H27NO3S/c1-14-10-19(12-17(22-14)16-4-9-23-13-16)11-15-2-5-18(6-3-15)20-7-8-21-18/h4,9,13-15,17H,2-3,5-8,10-12H2,1H3/t14-,17+/m1/s1. The Hall–Kier alpha value is -0.460. The summed E-state index contributed by atoms with van der Waals surface area (Å²) in [6, 6.07) is 2.20. The summed E-state index contributed by atoms with van der Waals surface area (Å²) in [6.07, 6.45) is 5.10. The van der Waals surface area contributed by atoms with Crippen LogP contribution < -0.4 is 0 Å². The van der Waals surface area contributed by atoms with Crippen molar-refractivity contribution in [3.63, 3.8) is 0 Å². The number of thiophene rings is 1. The molecule has 2 atom stereocenters. The van der Waals surface area contributed by atoms with E-state index in [1.54, 1.807) is 11.3 Å². The molecule has 0 bridgehead atoms. The van der Waals surface area contributed by atoms with Crippen LogP contribution in [-0.4, -0.2) is 49.6 Å². The Bertz CT molecular complexity index is 490. The van der Waals surface area contributed by atoms with Crippen LogP contribution in [0.15, 0.2) is 16.8 Å². The average molecular weight is 337 g/mol. The van der Waals surface area contributed by atoms with Crippen LogP contribution in [0.3, 0.4) is 0 Å². The molecule has 0 radical (unpaired) electrons. The summed E-state index contributed by atoms with van der Waals surface area (Å²) in [5.41, 5.74) is 1.34. The molecule has 3 heterocycles. The molecule has 3 aliphatic rings. The van der Waals surface area contributed by atoms with Gasteiger partial charge in [0.25, 0.3) is 0 Å². The molecule has 0 N–H and O–H groups in total. The van der Waals surface area contributed by atoms with Gasteiger partial charge in [-0.25, -0.2) is 0 Å². The van der Waals surface area contributed by atoms with Crippen molar-refractivity contribution in [2.24, 2.45) is 5.92 Å². The summed E-state index contributed by atoms with van der Waals surface area (Å²) in [5.74, 6) is 0.537. The summed E-state index contributed by atoms with van der Waals surface area (Å²) < 4.78 is 17.8. The zero-order chi connectivity index (χ0) is 15.7. The molecular weight excluding hydrogens is 310 g/mol. The number of morpholine rings is 1. The predicted octanol–water partition coefficient (Wildman–Crippen LogP) is 3.44. The van der Waals surface area contributed by atoms with Crippen molar-refractivity contribution in [3.05, 3.63) is 22.4 Å². The van der Waals surface area contributed by atoms with E-state index in [0.29, 0.717) is 6.10 Å². The van der Waals surface area contributed by atoms with Crippen LogP contribution in [0.2, 0.25) is 0 Å². The van der Waals surface area contributed by atoms with Crippen molar-refractivity contribution in [2.45, 2.75) is 50.6 Å². The van der Waals surface area contributed by atoms with Crippen molar-refractivity contribution < 1.29 is 14.2 Å². The van der Waals surface area contributed by atoms with E-state index >= 15 is 0 Å². The Balaban J connectivity index is 1.32. The summed E-state index contributed by atoms with van der Waals surface area (Å²) >= 11 is 1.76. The molecule has 23 heavy (non-hydrogen) atoms. The molecule has 1 spiro atoms. The van der Waals surface area contributed by atoms with Crippen LogP contribution in [0.1, 0.15) is 44.3 Å². The Labute approximate surface area is 142 Å². The molecule has 1 aromatic rings. The number of hydrogen-bond acceptors (Lipinski definition) is 5. The Morgan fingerprint density at radius 2 is 2.00 bits per heavy atom. The Morgan fingerprint density at radius 3 is 2.70 bits per heavy atom. The van der Waals surface area contributed by atoms with Crippen LogP contribution in [0, 0.1) is 5.92 Å². The largest absolute Gasteiger partial charge is 0.368 e. The summed E-state index contributed by atoms with van der Waals surface area (Å²) in [5, 5.41) is 4.37. The van der Waals surface area contributed by atoms with E-state index in [-0.39, 0.29) is 11.9 Å². The molecule has 2 saturated heterocycles. The quantitative estimate of drug-likeness (QED) is 0.845. The molecule has 3 fully saturated rings. The second-order valence-corrected chi connectivity index (χ2v) is 8.04. The van der Waals surface area contributed by atoms with Crippen LogP contribution in [0.5, 0.6) is 0 Å². The van der Waals surface area contributed by atoms with Crippen LogP contribution in [0.25, 0.3) is 0 Å². The first-order valence-electron chi connectivity index (χ1n) is 8.90. The Morgan fingerprint density at radius 1 is 1.22 bits per heavy atom. The van der Waals surface area contributed by atoms with Gasteiger partial charge < -0.3 is 14.2 Å². The molecular formula is C18H27NO3S. The molecule has 5 heteroatoms. The third-order valence-electron chi connectivity index (χ3n) is 5.45. The maximum absolute atomic E-state index is 6.15. The minimum atomic E-state index is -0.228. The minimum absolute atomic E-state index is 0.228. The van der Waals surface area contributed by atoms with Gasteiger partial charge in [-0.05, 0) is 48.1 Å². The Kier molecular flexibility index (Phi) is 4.74. The van der Waals surface area contributed by atoms with E-state index in [0.717, 1.165) is 45.1 Å². The lowest BCUT2D eigenvalue weighted by Crippen LogP contribution is -2.46. The topological polar surface area (TPSA) is 30.9 Å². The molecule has 0 amide bonds. The second-order valence-electron chi connectivity index (χ2n) is 7.26. The lowest BCUT2D eigenvalue weighted by molar-refractivity contribution is -0.184. The van der Waals surface area contributed by atoms with Gasteiger partial charge in [-0.2, -0.15) is 11.3 Å². The molecule has 1 aliphatic carbocycles. The van der Waals surface area contributed by atoms with Crippen LogP contribution in [-0.2, 0) is 14.2 Å². The molecule has 0 unspecified atom stereocenters. The molecule has 2 aliphatic heterocycles. The van der Waals surface area contributed by atoms with Crippen molar-refractivity contribution in [3.8, 4) is 0 Å². The molecule has 4 rings (SSSR count). The van der Waals surface area contributed by atoms with E-state index < -0.39 is 0 Å². The third kappa shape index (κ3) is 3.64. The first-order valence-corrected chi connectivity index (χ1v) is 9.84. The zero-order valence-corrected chi connectivity index (χ0v) is 14.7. The van der Waals surface area contributed by atoms with Crippen LogP contribution >= 0.6 is 11.3 Å². The third-order valence-corrected chi connectivity index (χ3v) is 6.15. The molecule has 4 nitrogen and oxygen atoms in total. The van der Waals surface area contributed by atoms with E-state index in [1.807, 2.05) is 0 Å². The second kappa shape index (κ2) is 6.81. The number of rotatable bonds is 3. The summed E-state index contributed by atoms with van der Waals surface area (Å²) in [6.45, 7) is 7.00. The van der Waals surface area contributed by atoms with E-state index in [9.17, 15) is 0 Å². The van der Waals surface area contributed by atoms with Gasteiger partial charge in [0.15, 0.2) is 5.79 Å². The van der Waals surface area contributed by atoms with Crippen LogP contribution in [0.4, 0.5) is 0 Å². The molecule has 0 aromatic carbocycles. The molecule has 1 aromatic heterocycles. The van der Waals surface area contributed by atoms with Gasteiger partial charge in [-0.15, -0.1) is 0 Å². The highest BCUT2D eigenvalue weighted by Gasteiger charge is 2.41. The maximum Gasteiger partial charge on any atom is 0.168 e. The highest BCUT2D eigenvalue weighted by Crippen LogP contribution is 2.39. The fraction of sp³-hybridized carbons (Fsp3) is 0.778. The first-order chi connectivity index (χ1) is 11.2. The van der Waals surface area contributed by atoms with Gasteiger partial charge >= 0.3 is 0 Å². The van der Waals surface area contributed by atoms with Crippen molar-refractivity contribution in [1.82, 2.24) is 4.90 Å². The summed E-state index contributed by atoms with van der Waals surface area (Å²) in [7, 11) is 0. The highest BCUT2D eigenvalue weighted by molar-refractivity contribution is 7.07. The highest BCUT2D eigenvalue weighted by atomic mass is 32.1. The SMILES string of the molecule is C[C@@H]1CN(CC2CCC3(CC2)OCCO3)C[C@@H](c2ccsc2)O1. The monoisotopic (exact) mass is 337 g/mol. The van der Waals surface area contributed by atoms with Crippen molar-refractivity contribution >= 4 is 11.3 Å². The summed E-state index contributed by atoms with van der Waals surface area (Å²) in [4.78, 5) is 2.61. The zero-order valence-electron chi connectivity index (χ0n) is 13.9. The smallest absolute Gasteiger partial charge is 0.168 e. The fourth-order valence-electron chi connectivity index (χ4n) is 4.28. The van der Waals surface area contributed by atoms with Gasteiger partial charge in [-0.1, -0.05) is 0 Å². The number of ether oxygens (including phenoxy) is 3. The van der Waals surface area contributed by atoms with E-state index in [4.69, 9.17) is 14.2 Å². The minimum Gasteiger partial charge on any atom is -0.368 e. The maximum atomic E-state index is 6.15. The van der Waals surface area contributed by atoms with E-state index in [2.05, 4.69) is 28.7 Å². The van der Waals surface area contributed by atoms with Crippen molar-refractivity contribution in [1.29, 1.82) is 0 Å². The fourth-order valence-corrected chi connectivity index (χ4v) is 4.98. The van der Waals surface area contributed by atoms with Crippen molar-refractivity contribution in [2.75, 3.05) is 32.8 Å². The first kappa shape index (κ1) is 16.0. The van der Waals surface area contributed by atoms with Gasteiger partial charge in [0, 0.05) is 32.5 Å². The number of hydrogen-bond donors (Lipinski definition) is 0. The lowest BCUT2D eigenvalue weighted by atomic mass is 9.84. The van der Waals surface area contributed by atoms with Gasteiger partial charge in [0.05, 0.1) is 25.4 Å². The normalized spacial score (nSPS) is 32.6. The van der Waals surface area contributed by atoms with Gasteiger partial charge in [0.1, 0.15) is 0 Å². The van der Waals surface area contributed by atoms with Gasteiger partial charge in [0.2, 0.25) is 0 Å². The van der Waals surface area contributed by atoms with Gasteiger partial charge in [-0.3, -0.25) is 4.90 Å².